The topological polar surface area (TPSA) is 152 Å². The third kappa shape index (κ3) is 2.29. The Kier molecular flexibility index (Phi) is 3.10. The average molecular weight is 319 g/mol. The molecule has 0 saturated heterocycles. The molecule has 0 saturated carbocycles. The largest absolute Gasteiger partial charge is 0.475 e. The molecular weight excluding hydrogens is 310 g/mol. The molecule has 0 bridgehead atoms. The maximum atomic E-state index is 12.1. The maximum absolute atomic E-state index is 12.1. The molecule has 0 aliphatic rings. The van der Waals surface area contributed by atoms with Gasteiger partial charge in [0.25, 0.3) is 5.91 Å². The Morgan fingerprint density at radius 3 is 2.61 bits per heavy atom. The number of amides is 1. The summed E-state index contributed by atoms with van der Waals surface area (Å²) in [4.78, 5) is 38.1. The Morgan fingerprint density at radius 2 is 2.04 bits per heavy atom. The highest BCUT2D eigenvalue weighted by atomic mass is 16.4. The van der Waals surface area contributed by atoms with Gasteiger partial charge in [-0.1, -0.05) is 0 Å². The second-order valence-corrected chi connectivity index (χ2v) is 4.49. The fourth-order valence-electron chi connectivity index (χ4n) is 1.99. The number of nitrogens with zero attached hydrogens (tertiary/aromatic N) is 4. The molecule has 0 radical (unpaired) electrons. The zero-order valence-corrected chi connectivity index (χ0v) is 11.5. The van der Waals surface area contributed by atoms with Gasteiger partial charge >= 0.3 is 12.1 Å². The van der Waals surface area contributed by atoms with E-state index < -0.39 is 23.7 Å². The van der Waals surface area contributed by atoms with Gasteiger partial charge in [-0.05, 0) is 0 Å². The Hall–Kier alpha value is -3.63. The smallest absolute Gasteiger partial charge is 0.432 e. The first-order chi connectivity index (χ1) is 10.9. The fraction of sp³-hybridized carbons (Fsp3) is 0.0833. The van der Waals surface area contributed by atoms with Crippen molar-refractivity contribution in [2.45, 2.75) is 0 Å². The van der Waals surface area contributed by atoms with Gasteiger partial charge in [-0.25, -0.2) is 14.6 Å². The molecule has 3 N–H and O–H groups in total. The molecule has 0 aromatic carbocycles. The predicted octanol–water partition coefficient (Wildman–Crippen LogP) is 0.839. The molecule has 0 atom stereocenters. The van der Waals surface area contributed by atoms with Crippen LogP contribution in [-0.2, 0) is 7.05 Å². The highest BCUT2D eigenvalue weighted by Gasteiger charge is 2.24. The lowest BCUT2D eigenvalue weighted by Gasteiger charge is -2.01. The molecule has 118 valence electrons. The van der Waals surface area contributed by atoms with Crippen molar-refractivity contribution in [1.82, 2.24) is 19.3 Å². The second-order valence-electron chi connectivity index (χ2n) is 4.49. The fourth-order valence-corrected chi connectivity index (χ4v) is 1.99. The zero-order valence-electron chi connectivity index (χ0n) is 11.5. The van der Waals surface area contributed by atoms with Gasteiger partial charge in [0.15, 0.2) is 17.2 Å². The molecule has 3 rings (SSSR count). The van der Waals surface area contributed by atoms with E-state index in [9.17, 15) is 14.4 Å². The third-order valence-electron chi connectivity index (χ3n) is 3.00. The van der Waals surface area contributed by atoms with Crippen molar-refractivity contribution < 1.29 is 29.0 Å². The highest BCUT2D eigenvalue weighted by molar-refractivity contribution is 6.06. The molecule has 1 amide bonds. The monoisotopic (exact) mass is 319 g/mol. The maximum Gasteiger partial charge on any atom is 0.432 e. The number of imidazole rings is 1. The number of rotatable bonds is 3. The molecule has 0 fully saturated rings. The molecule has 0 spiro atoms. The van der Waals surface area contributed by atoms with Gasteiger partial charge in [0.1, 0.15) is 5.52 Å². The number of nitrogens with one attached hydrogen (secondary N) is 1. The minimum Gasteiger partial charge on any atom is -0.475 e. The number of carboxylic acid groups (broad SMARTS) is 2. The van der Waals surface area contributed by atoms with Crippen LogP contribution in [0.15, 0.2) is 22.9 Å². The molecular formula is C12H9N5O6. The van der Waals surface area contributed by atoms with Crippen molar-refractivity contribution in [1.29, 1.82) is 0 Å². The lowest BCUT2D eigenvalue weighted by Crippen LogP contribution is -2.18. The van der Waals surface area contributed by atoms with Crippen molar-refractivity contribution in [2.75, 3.05) is 5.32 Å². The van der Waals surface area contributed by atoms with Crippen molar-refractivity contribution in [3.8, 4) is 0 Å². The summed E-state index contributed by atoms with van der Waals surface area (Å²) in [5.41, 5.74) is -0.252. The zero-order chi connectivity index (χ0) is 16.7. The molecule has 0 unspecified atom stereocenters. The minimum atomic E-state index is -1.45. The molecule has 0 aliphatic heterocycles. The normalized spacial score (nSPS) is 10.8. The first-order valence-electron chi connectivity index (χ1n) is 6.16. The van der Waals surface area contributed by atoms with E-state index in [-0.39, 0.29) is 22.7 Å². The van der Waals surface area contributed by atoms with Crippen LogP contribution in [0.2, 0.25) is 0 Å². The number of aryl methyl sites for hydroxylation is 1. The number of aromatic nitrogens is 4. The van der Waals surface area contributed by atoms with Crippen LogP contribution in [0.1, 0.15) is 21.2 Å². The van der Waals surface area contributed by atoms with Crippen LogP contribution >= 0.6 is 0 Å². The van der Waals surface area contributed by atoms with Crippen LogP contribution in [0.4, 0.5) is 10.6 Å². The summed E-state index contributed by atoms with van der Waals surface area (Å²) in [7, 11) is 1.60. The molecule has 23 heavy (non-hydrogen) atoms. The van der Waals surface area contributed by atoms with Crippen LogP contribution < -0.4 is 5.32 Å². The number of furan rings is 1. The van der Waals surface area contributed by atoms with Gasteiger partial charge in [0, 0.05) is 25.5 Å². The first kappa shape index (κ1) is 14.3. The summed E-state index contributed by atoms with van der Waals surface area (Å²) >= 11 is 0. The number of fused-ring (bicyclic) bond motifs is 1. The van der Waals surface area contributed by atoms with Crippen molar-refractivity contribution in [2.24, 2.45) is 7.05 Å². The van der Waals surface area contributed by atoms with E-state index in [1.807, 2.05) is 0 Å². The molecule has 3 aromatic heterocycles. The predicted molar refractivity (Wildman–Crippen MR) is 73.5 cm³/mol. The molecule has 11 heteroatoms. The van der Waals surface area contributed by atoms with E-state index in [1.54, 1.807) is 13.2 Å². The van der Waals surface area contributed by atoms with Gasteiger partial charge in [-0.2, -0.15) is 4.68 Å². The summed E-state index contributed by atoms with van der Waals surface area (Å²) in [6.45, 7) is 0. The molecule has 3 heterocycles. The van der Waals surface area contributed by atoms with E-state index in [1.165, 1.54) is 10.8 Å². The minimum absolute atomic E-state index is 0.0630. The highest BCUT2D eigenvalue weighted by Crippen LogP contribution is 2.27. The van der Waals surface area contributed by atoms with Crippen molar-refractivity contribution in [3.63, 3.8) is 0 Å². The third-order valence-corrected chi connectivity index (χ3v) is 3.00. The van der Waals surface area contributed by atoms with Gasteiger partial charge in [0.05, 0.1) is 0 Å². The van der Waals surface area contributed by atoms with Gasteiger partial charge < -0.3 is 19.2 Å². The number of carbonyl (C=O) groups is 3. The lowest BCUT2D eigenvalue weighted by molar-refractivity contribution is 0.0665. The van der Waals surface area contributed by atoms with Crippen LogP contribution in [0.25, 0.3) is 11.1 Å². The molecule has 3 aromatic rings. The number of anilines is 1. The van der Waals surface area contributed by atoms with Crippen LogP contribution in [0, 0.1) is 0 Å². The van der Waals surface area contributed by atoms with Crippen molar-refractivity contribution in [3.05, 3.63) is 30.0 Å². The van der Waals surface area contributed by atoms with Gasteiger partial charge in [0.2, 0.25) is 5.76 Å². The average Bonchev–Trinajstić information content (AvgIpc) is 3.14. The number of aromatic carboxylic acids is 1. The van der Waals surface area contributed by atoms with Gasteiger partial charge in [-0.15, -0.1) is 5.10 Å². The quantitative estimate of drug-likeness (QED) is 0.642. The van der Waals surface area contributed by atoms with Crippen LogP contribution in [-0.4, -0.2) is 47.5 Å². The Morgan fingerprint density at radius 1 is 1.30 bits per heavy atom. The van der Waals surface area contributed by atoms with E-state index in [4.69, 9.17) is 14.6 Å². The first-order valence-corrected chi connectivity index (χ1v) is 6.16. The summed E-state index contributed by atoms with van der Waals surface area (Å²) in [6, 6.07) is 1.01. The summed E-state index contributed by atoms with van der Waals surface area (Å²) in [5.74, 6) is -2.65. The summed E-state index contributed by atoms with van der Waals surface area (Å²) in [6.07, 6.45) is 1.51. The van der Waals surface area contributed by atoms with Crippen LogP contribution in [0.5, 0.6) is 0 Å². The number of carboxylic acids is 1. The second kappa shape index (κ2) is 4.98. The van der Waals surface area contributed by atoms with E-state index in [0.29, 0.717) is 4.68 Å². The van der Waals surface area contributed by atoms with E-state index in [0.717, 1.165) is 6.07 Å². The standard InChI is InChI=1S/C12H9N5O6/c1-16-3-2-13-9(16)10(18)14-8-7-5(17(15-8)12(21)22)4-6(23-7)11(19)20/h2-4H,1H3,(H,19,20)(H,21,22)(H,14,15,18). The molecule has 11 nitrogen and oxygen atoms in total. The Balaban J connectivity index is 2.06. The van der Waals surface area contributed by atoms with E-state index in [2.05, 4.69) is 15.4 Å². The number of hydrogen-bond donors (Lipinski definition) is 3. The Labute approximate surface area is 126 Å². The van der Waals surface area contributed by atoms with Crippen molar-refractivity contribution >= 4 is 34.9 Å². The Bertz CT molecular complexity index is 949. The SMILES string of the molecule is Cn1ccnc1C(=O)Nc1nn(C(=O)O)c2cc(C(=O)O)oc12. The summed E-state index contributed by atoms with van der Waals surface area (Å²) < 4.78 is 7.01. The van der Waals surface area contributed by atoms with Crippen LogP contribution in [0.3, 0.4) is 0 Å². The number of carbonyl (C=O) groups excluding carboxylic acids is 1. The molecule has 0 aliphatic carbocycles. The summed E-state index contributed by atoms with van der Waals surface area (Å²) in [5, 5.41) is 24.1. The van der Waals surface area contributed by atoms with Gasteiger partial charge in [-0.3, -0.25) is 10.1 Å². The number of hydrogen-bond acceptors (Lipinski definition) is 6. The van der Waals surface area contributed by atoms with E-state index >= 15 is 0 Å². The lowest BCUT2D eigenvalue weighted by atomic mass is 10.4.